The fourth-order valence-corrected chi connectivity index (χ4v) is 2.29. The summed E-state index contributed by atoms with van der Waals surface area (Å²) < 4.78 is 0. The van der Waals surface area contributed by atoms with Crippen LogP contribution < -0.4 is 10.6 Å². The molecule has 0 saturated carbocycles. The topological polar surface area (TPSA) is 62.5 Å². The van der Waals surface area contributed by atoms with Crippen molar-refractivity contribution >= 4 is 11.6 Å². The number of aromatic nitrogens is 1. The van der Waals surface area contributed by atoms with Crippen LogP contribution in [0.1, 0.15) is 16.8 Å². The molecular weight excluding hydrogens is 240 g/mol. The predicted octanol–water partition coefficient (Wildman–Crippen LogP) is 0.326. The van der Waals surface area contributed by atoms with E-state index in [2.05, 4.69) is 20.7 Å². The van der Waals surface area contributed by atoms with Crippen molar-refractivity contribution in [1.29, 1.82) is 0 Å². The molecule has 0 radical (unpaired) electrons. The molecule has 0 aromatic carbocycles. The van der Waals surface area contributed by atoms with E-state index in [1.807, 2.05) is 6.07 Å². The molecule has 1 aliphatic rings. The van der Waals surface area contributed by atoms with Crippen molar-refractivity contribution in [2.75, 3.05) is 37.6 Å². The number of hydrogen-bond acceptors (Lipinski definition) is 4. The number of anilines is 1. The Morgan fingerprint density at radius 2 is 2.16 bits per heavy atom. The summed E-state index contributed by atoms with van der Waals surface area (Å²) >= 11 is 0. The van der Waals surface area contributed by atoms with Gasteiger partial charge in [-0.2, -0.15) is 0 Å². The molecule has 1 amide bonds. The molecule has 2 rings (SSSR count). The van der Waals surface area contributed by atoms with E-state index in [0.717, 1.165) is 44.8 Å². The van der Waals surface area contributed by atoms with Gasteiger partial charge in [-0.3, -0.25) is 14.7 Å². The number of nitrogens with zero attached hydrogens (tertiary/aromatic N) is 3. The fourth-order valence-electron chi connectivity index (χ4n) is 2.29. The lowest BCUT2D eigenvalue weighted by atomic mass is 10.1. The lowest BCUT2D eigenvalue weighted by Crippen LogP contribution is -2.47. The second-order valence-electron chi connectivity index (χ2n) is 4.54. The zero-order valence-corrected chi connectivity index (χ0v) is 10.9. The number of piperazine rings is 1. The number of rotatable bonds is 4. The van der Waals surface area contributed by atoms with Gasteiger partial charge in [-0.15, -0.1) is 12.3 Å². The van der Waals surface area contributed by atoms with E-state index in [9.17, 15) is 4.79 Å². The average molecular weight is 258 g/mol. The molecule has 1 aromatic rings. The summed E-state index contributed by atoms with van der Waals surface area (Å²) in [5.41, 5.74) is 6.74. The number of amides is 1. The van der Waals surface area contributed by atoms with Gasteiger partial charge in [-0.05, 0) is 6.07 Å². The van der Waals surface area contributed by atoms with Crippen LogP contribution in [0.3, 0.4) is 0 Å². The SMILES string of the molecule is C#CCCN1CCN(c2ccncc2C(N)=O)CC1. The summed E-state index contributed by atoms with van der Waals surface area (Å²) in [6, 6.07) is 1.84. The van der Waals surface area contributed by atoms with Crippen LogP contribution in [0.15, 0.2) is 18.5 Å². The number of carbonyl (C=O) groups is 1. The van der Waals surface area contributed by atoms with Gasteiger partial charge < -0.3 is 10.6 Å². The highest BCUT2D eigenvalue weighted by Crippen LogP contribution is 2.20. The Hall–Kier alpha value is -2.06. The van der Waals surface area contributed by atoms with Crippen molar-refractivity contribution in [3.63, 3.8) is 0 Å². The fraction of sp³-hybridized carbons (Fsp3) is 0.429. The number of primary amides is 1. The second kappa shape index (κ2) is 6.21. The molecule has 0 spiro atoms. The molecule has 0 aliphatic carbocycles. The maximum Gasteiger partial charge on any atom is 0.252 e. The molecule has 2 N–H and O–H groups in total. The zero-order chi connectivity index (χ0) is 13.7. The number of terminal acetylenes is 1. The number of nitrogens with two attached hydrogens (primary N) is 1. The third kappa shape index (κ3) is 3.24. The number of pyridine rings is 1. The Labute approximate surface area is 113 Å². The first-order valence-corrected chi connectivity index (χ1v) is 6.37. The highest BCUT2D eigenvalue weighted by atomic mass is 16.1. The van der Waals surface area contributed by atoms with Gasteiger partial charge in [-0.1, -0.05) is 0 Å². The molecule has 0 unspecified atom stereocenters. The van der Waals surface area contributed by atoms with Gasteiger partial charge in [0.25, 0.3) is 5.91 Å². The van der Waals surface area contributed by atoms with E-state index in [0.29, 0.717) is 5.56 Å². The molecule has 5 nitrogen and oxygen atoms in total. The third-order valence-electron chi connectivity index (χ3n) is 3.35. The van der Waals surface area contributed by atoms with Crippen LogP contribution in [0.25, 0.3) is 0 Å². The van der Waals surface area contributed by atoms with Crippen LogP contribution in [0.2, 0.25) is 0 Å². The molecule has 1 aliphatic heterocycles. The first-order valence-electron chi connectivity index (χ1n) is 6.37. The van der Waals surface area contributed by atoms with Gasteiger partial charge >= 0.3 is 0 Å². The Kier molecular flexibility index (Phi) is 4.37. The van der Waals surface area contributed by atoms with Crippen LogP contribution >= 0.6 is 0 Å². The van der Waals surface area contributed by atoms with E-state index in [1.54, 1.807) is 6.20 Å². The Balaban J connectivity index is 2.02. The maximum atomic E-state index is 11.4. The second-order valence-corrected chi connectivity index (χ2v) is 4.54. The Bertz CT molecular complexity index is 486. The number of hydrogen-bond donors (Lipinski definition) is 1. The molecule has 1 saturated heterocycles. The van der Waals surface area contributed by atoms with E-state index >= 15 is 0 Å². The van der Waals surface area contributed by atoms with Crippen molar-refractivity contribution in [2.24, 2.45) is 5.73 Å². The first-order chi connectivity index (χ1) is 9.22. The third-order valence-corrected chi connectivity index (χ3v) is 3.35. The Morgan fingerprint density at radius 1 is 1.42 bits per heavy atom. The average Bonchev–Trinajstić information content (AvgIpc) is 2.45. The molecule has 100 valence electrons. The van der Waals surface area contributed by atoms with Crippen molar-refractivity contribution in [1.82, 2.24) is 9.88 Å². The minimum Gasteiger partial charge on any atom is -0.368 e. The summed E-state index contributed by atoms with van der Waals surface area (Å²) in [4.78, 5) is 19.9. The van der Waals surface area contributed by atoms with Gasteiger partial charge in [0.2, 0.25) is 0 Å². The van der Waals surface area contributed by atoms with Crippen LogP contribution in [-0.4, -0.2) is 48.5 Å². The predicted molar refractivity (Wildman–Crippen MR) is 74.9 cm³/mol. The summed E-state index contributed by atoms with van der Waals surface area (Å²) in [5.74, 6) is 2.22. The van der Waals surface area contributed by atoms with E-state index in [1.165, 1.54) is 6.20 Å². The van der Waals surface area contributed by atoms with Gasteiger partial charge in [0.1, 0.15) is 0 Å². The lowest BCUT2D eigenvalue weighted by Gasteiger charge is -2.36. The quantitative estimate of drug-likeness (QED) is 0.790. The van der Waals surface area contributed by atoms with Crippen molar-refractivity contribution < 1.29 is 4.79 Å². The Morgan fingerprint density at radius 3 is 2.79 bits per heavy atom. The van der Waals surface area contributed by atoms with E-state index < -0.39 is 5.91 Å². The molecule has 5 heteroatoms. The van der Waals surface area contributed by atoms with Gasteiger partial charge in [0, 0.05) is 51.5 Å². The minimum atomic E-state index is -0.433. The molecule has 19 heavy (non-hydrogen) atoms. The van der Waals surface area contributed by atoms with Crippen molar-refractivity contribution in [2.45, 2.75) is 6.42 Å². The molecule has 2 heterocycles. The minimum absolute atomic E-state index is 0.433. The van der Waals surface area contributed by atoms with Crippen molar-refractivity contribution in [3.05, 3.63) is 24.0 Å². The van der Waals surface area contributed by atoms with Crippen LogP contribution in [0.5, 0.6) is 0 Å². The number of carbonyl (C=O) groups excluding carboxylic acids is 1. The van der Waals surface area contributed by atoms with Crippen molar-refractivity contribution in [3.8, 4) is 12.3 Å². The van der Waals surface area contributed by atoms with E-state index in [4.69, 9.17) is 12.2 Å². The van der Waals surface area contributed by atoms with Gasteiger partial charge in [0.15, 0.2) is 0 Å². The van der Waals surface area contributed by atoms with Crippen LogP contribution in [-0.2, 0) is 0 Å². The van der Waals surface area contributed by atoms with Crippen LogP contribution in [0.4, 0.5) is 5.69 Å². The summed E-state index contributed by atoms with van der Waals surface area (Å²) in [6.45, 7) is 4.57. The molecule has 1 aromatic heterocycles. The monoisotopic (exact) mass is 258 g/mol. The highest BCUT2D eigenvalue weighted by Gasteiger charge is 2.20. The summed E-state index contributed by atoms with van der Waals surface area (Å²) in [7, 11) is 0. The molecule has 0 atom stereocenters. The van der Waals surface area contributed by atoms with Gasteiger partial charge in [0.05, 0.1) is 11.3 Å². The largest absolute Gasteiger partial charge is 0.368 e. The van der Waals surface area contributed by atoms with E-state index in [-0.39, 0.29) is 0 Å². The normalized spacial score (nSPS) is 16.1. The summed E-state index contributed by atoms with van der Waals surface area (Å²) in [6.07, 6.45) is 9.27. The van der Waals surface area contributed by atoms with Crippen LogP contribution in [0, 0.1) is 12.3 Å². The molecule has 0 bridgehead atoms. The molecular formula is C14H18N4O. The highest BCUT2D eigenvalue weighted by molar-refractivity contribution is 5.98. The standard InChI is InChI=1S/C14H18N4O/c1-2-3-6-17-7-9-18(10-8-17)13-4-5-16-11-12(13)14(15)19/h1,4-5,11H,3,6-10H2,(H2,15,19). The zero-order valence-electron chi connectivity index (χ0n) is 10.9. The molecule has 1 fully saturated rings. The first kappa shape index (κ1) is 13.4. The smallest absolute Gasteiger partial charge is 0.252 e. The maximum absolute atomic E-state index is 11.4. The summed E-state index contributed by atoms with van der Waals surface area (Å²) in [5, 5.41) is 0. The lowest BCUT2D eigenvalue weighted by molar-refractivity contribution is 0.1000. The van der Waals surface area contributed by atoms with Gasteiger partial charge in [-0.25, -0.2) is 0 Å².